The largest absolute Gasteiger partial charge is 0.457 e. The van der Waals surface area contributed by atoms with Gasteiger partial charge in [0.1, 0.15) is 28.4 Å². The summed E-state index contributed by atoms with van der Waals surface area (Å²) in [6, 6.07) is 48.3. The zero-order chi connectivity index (χ0) is 36.8. The van der Waals surface area contributed by atoms with Crippen molar-refractivity contribution in [3.05, 3.63) is 208 Å². The summed E-state index contributed by atoms with van der Waals surface area (Å²) in [4.78, 5) is 9.92. The standard InChI is InChI=1S/C46H39N7O/c1-5-41-48-43-30(2)27-31(3)47-45(43)52(41)29-33-25-26-39-40(28-33)54-32(4)37-23-15-16-24-38(37)42(39)44-49-50-51-53(44)46(34-17-9-6-10-18-34,35-19-11-7-12-20-35)36-21-13-8-14-22-36/h6-28,42H,4-5,29H2,1-3H3. The van der Waals surface area contributed by atoms with Gasteiger partial charge in [-0.1, -0.05) is 141 Å². The van der Waals surface area contributed by atoms with E-state index in [1.807, 2.05) is 35.9 Å². The number of nitrogens with zero attached hydrogens (tertiary/aromatic N) is 7. The molecule has 0 spiro atoms. The van der Waals surface area contributed by atoms with Crippen LogP contribution in [0.5, 0.6) is 5.75 Å². The summed E-state index contributed by atoms with van der Waals surface area (Å²) in [7, 11) is 0. The average Bonchev–Trinajstić information content (AvgIpc) is 3.80. The molecule has 264 valence electrons. The van der Waals surface area contributed by atoms with E-state index in [1.165, 1.54) is 0 Å². The summed E-state index contributed by atoms with van der Waals surface area (Å²) in [6.45, 7) is 11.3. The van der Waals surface area contributed by atoms with Gasteiger partial charge in [0.25, 0.3) is 0 Å². The monoisotopic (exact) mass is 705 g/mol. The third-order valence-electron chi connectivity index (χ3n) is 10.6. The van der Waals surface area contributed by atoms with Crippen LogP contribution >= 0.6 is 0 Å². The van der Waals surface area contributed by atoms with E-state index >= 15 is 0 Å². The van der Waals surface area contributed by atoms with Crippen LogP contribution in [-0.4, -0.2) is 34.7 Å². The Labute approximate surface area is 314 Å². The second kappa shape index (κ2) is 13.4. The van der Waals surface area contributed by atoms with E-state index in [1.54, 1.807) is 0 Å². The van der Waals surface area contributed by atoms with E-state index in [4.69, 9.17) is 25.0 Å². The molecule has 1 aliphatic rings. The molecule has 1 aliphatic heterocycles. The molecule has 8 aromatic rings. The molecule has 0 amide bonds. The van der Waals surface area contributed by atoms with Crippen LogP contribution in [0.4, 0.5) is 0 Å². The number of imidazole rings is 1. The molecule has 3 aromatic heterocycles. The van der Waals surface area contributed by atoms with Crippen molar-refractivity contribution in [3.63, 3.8) is 0 Å². The topological polar surface area (TPSA) is 83.5 Å². The summed E-state index contributed by atoms with van der Waals surface area (Å²) in [5.74, 6) is 2.55. The lowest BCUT2D eigenvalue weighted by atomic mass is 9.76. The van der Waals surface area contributed by atoms with Crippen molar-refractivity contribution in [2.75, 3.05) is 0 Å². The molecule has 0 radical (unpaired) electrons. The quantitative estimate of drug-likeness (QED) is 0.147. The van der Waals surface area contributed by atoms with Gasteiger partial charge in [-0.05, 0) is 69.8 Å². The number of fused-ring (bicyclic) bond motifs is 3. The number of rotatable bonds is 8. The Morgan fingerprint density at radius 2 is 1.35 bits per heavy atom. The minimum absolute atomic E-state index is 0.401. The molecule has 54 heavy (non-hydrogen) atoms. The second-order valence-electron chi connectivity index (χ2n) is 13.9. The van der Waals surface area contributed by atoms with Gasteiger partial charge in [0, 0.05) is 23.2 Å². The van der Waals surface area contributed by atoms with Crippen molar-refractivity contribution in [2.24, 2.45) is 0 Å². The van der Waals surface area contributed by atoms with Gasteiger partial charge >= 0.3 is 0 Å². The van der Waals surface area contributed by atoms with Crippen molar-refractivity contribution in [3.8, 4) is 5.75 Å². The molecule has 0 saturated heterocycles. The van der Waals surface area contributed by atoms with Crippen molar-refractivity contribution in [2.45, 2.75) is 45.2 Å². The maximum absolute atomic E-state index is 6.72. The lowest BCUT2D eigenvalue weighted by molar-refractivity contribution is 0.427. The van der Waals surface area contributed by atoms with Crippen molar-refractivity contribution < 1.29 is 4.74 Å². The molecule has 4 heterocycles. The van der Waals surface area contributed by atoms with Crippen molar-refractivity contribution in [1.29, 1.82) is 0 Å². The summed E-state index contributed by atoms with van der Waals surface area (Å²) >= 11 is 0. The highest BCUT2D eigenvalue weighted by molar-refractivity contribution is 5.76. The van der Waals surface area contributed by atoms with Crippen LogP contribution in [-0.2, 0) is 18.5 Å². The summed E-state index contributed by atoms with van der Waals surface area (Å²) in [5.41, 5.74) is 10.1. The summed E-state index contributed by atoms with van der Waals surface area (Å²) in [6.07, 6.45) is 0.791. The van der Waals surface area contributed by atoms with E-state index in [9.17, 15) is 0 Å². The molecule has 0 N–H and O–H groups in total. The molecule has 0 aliphatic carbocycles. The number of pyridine rings is 1. The van der Waals surface area contributed by atoms with Gasteiger partial charge in [-0.2, -0.15) is 0 Å². The van der Waals surface area contributed by atoms with Crippen LogP contribution in [0.1, 0.15) is 74.7 Å². The van der Waals surface area contributed by atoms with E-state index in [-0.39, 0.29) is 0 Å². The normalized spacial score (nSPS) is 14.0. The molecule has 8 nitrogen and oxygen atoms in total. The average molecular weight is 706 g/mol. The summed E-state index contributed by atoms with van der Waals surface area (Å²) < 4.78 is 11.0. The fourth-order valence-corrected chi connectivity index (χ4v) is 8.22. The van der Waals surface area contributed by atoms with Gasteiger partial charge in [0.2, 0.25) is 0 Å². The predicted molar refractivity (Wildman–Crippen MR) is 211 cm³/mol. The van der Waals surface area contributed by atoms with Gasteiger partial charge < -0.3 is 9.30 Å². The Morgan fingerprint density at radius 3 is 2.00 bits per heavy atom. The summed E-state index contributed by atoms with van der Waals surface area (Å²) in [5, 5.41) is 14.2. The zero-order valence-electron chi connectivity index (χ0n) is 30.5. The minimum Gasteiger partial charge on any atom is -0.457 e. The predicted octanol–water partition coefficient (Wildman–Crippen LogP) is 9.03. The van der Waals surface area contributed by atoms with E-state index in [2.05, 4.69) is 145 Å². The van der Waals surface area contributed by atoms with Gasteiger partial charge in [-0.3, -0.25) is 0 Å². The fourth-order valence-electron chi connectivity index (χ4n) is 8.22. The molecule has 9 rings (SSSR count). The van der Waals surface area contributed by atoms with Gasteiger partial charge in [0.15, 0.2) is 11.5 Å². The van der Waals surface area contributed by atoms with Gasteiger partial charge in [-0.15, -0.1) is 5.10 Å². The second-order valence-corrected chi connectivity index (χ2v) is 13.9. The number of hydrogen-bond donors (Lipinski definition) is 0. The fraction of sp³-hybridized carbons (Fsp3) is 0.152. The zero-order valence-corrected chi connectivity index (χ0v) is 30.5. The first-order chi connectivity index (χ1) is 26.5. The molecule has 8 heteroatoms. The third-order valence-corrected chi connectivity index (χ3v) is 10.6. The van der Waals surface area contributed by atoms with E-state index < -0.39 is 11.5 Å². The molecule has 0 bridgehead atoms. The Hall–Kier alpha value is -6.67. The van der Waals surface area contributed by atoms with Gasteiger partial charge in [0.05, 0.1) is 12.5 Å². The Kier molecular flexibility index (Phi) is 8.23. The first-order valence-corrected chi connectivity index (χ1v) is 18.3. The number of aryl methyl sites for hydroxylation is 3. The first-order valence-electron chi connectivity index (χ1n) is 18.3. The molecule has 0 fully saturated rings. The Balaban J connectivity index is 1.27. The van der Waals surface area contributed by atoms with Crippen molar-refractivity contribution >= 4 is 16.9 Å². The van der Waals surface area contributed by atoms with Gasteiger partial charge in [-0.25, -0.2) is 14.6 Å². The highest BCUT2D eigenvalue weighted by Gasteiger charge is 2.44. The van der Waals surface area contributed by atoms with Crippen molar-refractivity contribution in [1.82, 2.24) is 34.7 Å². The van der Waals surface area contributed by atoms with Crippen LogP contribution < -0.4 is 4.74 Å². The molecule has 0 saturated carbocycles. The number of hydrogen-bond acceptors (Lipinski definition) is 6. The minimum atomic E-state index is -0.913. The number of ether oxygens (including phenoxy) is 1. The smallest absolute Gasteiger partial charge is 0.165 e. The van der Waals surface area contributed by atoms with Crippen LogP contribution in [0.25, 0.3) is 16.9 Å². The lowest BCUT2D eigenvalue weighted by Gasteiger charge is -2.37. The number of tetrazole rings is 1. The Bertz CT molecular complexity index is 2550. The first kappa shape index (κ1) is 33.2. The van der Waals surface area contributed by atoms with Crippen LogP contribution in [0.15, 0.2) is 146 Å². The lowest BCUT2D eigenvalue weighted by Crippen LogP contribution is -2.40. The van der Waals surface area contributed by atoms with Crippen LogP contribution in [0.2, 0.25) is 0 Å². The maximum Gasteiger partial charge on any atom is 0.165 e. The maximum atomic E-state index is 6.72. The van der Waals surface area contributed by atoms with E-state index in [0.717, 1.165) is 73.6 Å². The van der Waals surface area contributed by atoms with Crippen LogP contribution in [0, 0.1) is 13.8 Å². The SMILES string of the molecule is C=C1Oc2cc(Cn3c(CC)nc4c(C)cc(C)nc43)ccc2C(c2nnnn2C(c2ccccc2)(c2ccccc2)c2ccccc2)c2ccccc21. The molecule has 1 unspecified atom stereocenters. The highest BCUT2D eigenvalue weighted by atomic mass is 16.5. The molecule has 1 atom stereocenters. The molecular weight excluding hydrogens is 667 g/mol. The van der Waals surface area contributed by atoms with E-state index in [0.29, 0.717) is 23.9 Å². The Morgan fingerprint density at radius 1 is 0.722 bits per heavy atom. The number of benzene rings is 5. The highest BCUT2D eigenvalue weighted by Crippen LogP contribution is 2.47. The third kappa shape index (κ3) is 5.33. The van der Waals surface area contributed by atoms with Crippen LogP contribution in [0.3, 0.4) is 0 Å². The molecule has 5 aromatic carbocycles. The molecular formula is C46H39N7O. The number of aromatic nitrogens is 7.